The SMILES string of the molecule is CCN(CC)C(=O)c1ccc(C(=O)N/N=C(/C)c2nn(C)c(-c3ccc(C(F)(F)F)cc3)c2O)s1. The van der Waals surface area contributed by atoms with Gasteiger partial charge in [0.05, 0.1) is 21.0 Å². The lowest BCUT2D eigenvalue weighted by Crippen LogP contribution is -2.29. The van der Waals surface area contributed by atoms with E-state index in [0.717, 1.165) is 23.5 Å². The minimum Gasteiger partial charge on any atom is -0.504 e. The average Bonchev–Trinajstić information content (AvgIpc) is 3.42. The molecule has 0 saturated carbocycles. The molecule has 8 nitrogen and oxygen atoms in total. The van der Waals surface area contributed by atoms with Crippen molar-refractivity contribution >= 4 is 28.9 Å². The molecule has 0 spiro atoms. The summed E-state index contributed by atoms with van der Waals surface area (Å²) in [5, 5.41) is 18.8. The molecule has 0 aliphatic carbocycles. The number of aryl methyl sites for hydroxylation is 1. The highest BCUT2D eigenvalue weighted by Crippen LogP contribution is 2.35. The van der Waals surface area contributed by atoms with Gasteiger partial charge in [0.1, 0.15) is 5.69 Å². The number of amides is 2. The van der Waals surface area contributed by atoms with Crippen LogP contribution in [0.2, 0.25) is 0 Å². The molecule has 2 heterocycles. The van der Waals surface area contributed by atoms with E-state index in [1.807, 2.05) is 13.8 Å². The fraction of sp³-hybridized carbons (Fsp3) is 0.304. The first-order valence-corrected chi connectivity index (χ1v) is 11.5. The molecule has 0 saturated heterocycles. The van der Waals surface area contributed by atoms with Gasteiger partial charge in [-0.05, 0) is 45.0 Å². The number of benzene rings is 1. The van der Waals surface area contributed by atoms with Crippen molar-refractivity contribution in [1.29, 1.82) is 0 Å². The lowest BCUT2D eigenvalue weighted by atomic mass is 10.1. The van der Waals surface area contributed by atoms with Crippen molar-refractivity contribution < 1.29 is 27.9 Å². The van der Waals surface area contributed by atoms with Crippen molar-refractivity contribution in [2.24, 2.45) is 12.1 Å². The number of halogens is 3. The predicted octanol–water partition coefficient (Wildman–Crippen LogP) is 4.51. The Bertz CT molecular complexity index is 1260. The quantitative estimate of drug-likeness (QED) is 0.363. The number of carbonyl (C=O) groups is 2. The van der Waals surface area contributed by atoms with Crippen molar-refractivity contribution in [3.8, 4) is 17.0 Å². The highest BCUT2D eigenvalue weighted by atomic mass is 32.1. The number of aromatic nitrogens is 2. The summed E-state index contributed by atoms with van der Waals surface area (Å²) in [6.45, 7) is 6.37. The van der Waals surface area contributed by atoms with Crippen molar-refractivity contribution in [2.45, 2.75) is 26.9 Å². The van der Waals surface area contributed by atoms with Gasteiger partial charge in [-0.3, -0.25) is 14.3 Å². The number of hydrazone groups is 1. The van der Waals surface area contributed by atoms with Gasteiger partial charge in [-0.15, -0.1) is 11.3 Å². The first-order chi connectivity index (χ1) is 16.5. The summed E-state index contributed by atoms with van der Waals surface area (Å²) in [4.78, 5) is 27.3. The smallest absolute Gasteiger partial charge is 0.416 e. The van der Waals surface area contributed by atoms with Crippen LogP contribution in [0.5, 0.6) is 5.75 Å². The summed E-state index contributed by atoms with van der Waals surface area (Å²) >= 11 is 1.04. The maximum atomic E-state index is 12.8. The van der Waals surface area contributed by atoms with Gasteiger partial charge in [-0.1, -0.05) is 12.1 Å². The van der Waals surface area contributed by atoms with Crippen molar-refractivity contribution in [1.82, 2.24) is 20.1 Å². The van der Waals surface area contributed by atoms with E-state index in [9.17, 15) is 27.9 Å². The zero-order chi connectivity index (χ0) is 25.9. The van der Waals surface area contributed by atoms with E-state index in [1.165, 1.54) is 36.9 Å². The minimum absolute atomic E-state index is 0.0614. The molecule has 1 aromatic carbocycles. The first kappa shape index (κ1) is 25.9. The highest BCUT2D eigenvalue weighted by molar-refractivity contribution is 7.15. The number of hydrogen-bond acceptors (Lipinski definition) is 6. The van der Waals surface area contributed by atoms with Gasteiger partial charge in [-0.25, -0.2) is 5.43 Å². The van der Waals surface area contributed by atoms with Crippen LogP contribution in [0.4, 0.5) is 13.2 Å². The molecule has 12 heteroatoms. The molecule has 3 rings (SSSR count). The third kappa shape index (κ3) is 5.53. The Labute approximate surface area is 203 Å². The zero-order valence-electron chi connectivity index (χ0n) is 19.5. The van der Waals surface area contributed by atoms with Gasteiger partial charge in [0.2, 0.25) is 0 Å². The number of aromatic hydroxyl groups is 1. The van der Waals surface area contributed by atoms with Gasteiger partial charge in [0.15, 0.2) is 11.4 Å². The molecule has 0 unspecified atom stereocenters. The van der Waals surface area contributed by atoms with Crippen LogP contribution in [0.15, 0.2) is 41.5 Å². The van der Waals surface area contributed by atoms with Crippen LogP contribution < -0.4 is 5.43 Å². The maximum absolute atomic E-state index is 12.8. The molecule has 3 aromatic rings. The third-order valence-corrected chi connectivity index (χ3v) is 6.34. The molecular formula is C23H24F3N5O3S. The van der Waals surface area contributed by atoms with Crippen molar-refractivity contribution in [3.63, 3.8) is 0 Å². The second-order valence-corrected chi connectivity index (χ2v) is 8.61. The number of hydrogen-bond donors (Lipinski definition) is 2. The largest absolute Gasteiger partial charge is 0.504 e. The number of nitrogens with one attached hydrogen (secondary N) is 1. The summed E-state index contributed by atoms with van der Waals surface area (Å²) in [7, 11) is 1.53. The van der Waals surface area contributed by atoms with E-state index in [2.05, 4.69) is 15.6 Å². The number of rotatable bonds is 7. The van der Waals surface area contributed by atoms with E-state index in [-0.39, 0.29) is 33.6 Å². The fourth-order valence-corrected chi connectivity index (χ4v) is 4.25. The van der Waals surface area contributed by atoms with Crippen LogP contribution in [0, 0.1) is 0 Å². The number of thiophene rings is 1. The molecule has 2 amide bonds. The normalized spacial score (nSPS) is 12.0. The van der Waals surface area contributed by atoms with Crippen molar-refractivity contribution in [3.05, 3.63) is 57.4 Å². The first-order valence-electron chi connectivity index (χ1n) is 10.7. The Hall–Kier alpha value is -3.67. The van der Waals surface area contributed by atoms with E-state index >= 15 is 0 Å². The van der Waals surface area contributed by atoms with Crippen molar-refractivity contribution in [2.75, 3.05) is 13.1 Å². The molecule has 0 aliphatic rings. The third-order valence-electron chi connectivity index (χ3n) is 5.27. The lowest BCUT2D eigenvalue weighted by Gasteiger charge is -2.17. The topological polar surface area (TPSA) is 99.8 Å². The fourth-order valence-electron chi connectivity index (χ4n) is 3.38. The number of carbonyl (C=O) groups excluding carboxylic acids is 2. The monoisotopic (exact) mass is 507 g/mol. The van der Waals surface area contributed by atoms with Gasteiger partial charge in [-0.2, -0.15) is 23.4 Å². The summed E-state index contributed by atoms with van der Waals surface area (Å²) in [5.74, 6) is -0.981. The van der Waals surface area contributed by atoms with Crippen LogP contribution >= 0.6 is 11.3 Å². The second kappa shape index (κ2) is 10.3. The minimum atomic E-state index is -4.47. The molecule has 0 atom stereocenters. The van der Waals surface area contributed by atoms with Gasteiger partial charge < -0.3 is 10.0 Å². The van der Waals surface area contributed by atoms with Gasteiger partial charge in [0.25, 0.3) is 11.8 Å². The molecule has 35 heavy (non-hydrogen) atoms. The van der Waals surface area contributed by atoms with E-state index in [4.69, 9.17) is 0 Å². The lowest BCUT2D eigenvalue weighted by molar-refractivity contribution is -0.137. The molecular weight excluding hydrogens is 483 g/mol. The Balaban J connectivity index is 1.78. The van der Waals surface area contributed by atoms with Crippen LogP contribution in [0.25, 0.3) is 11.3 Å². The molecule has 0 aliphatic heterocycles. The average molecular weight is 508 g/mol. The summed E-state index contributed by atoms with van der Waals surface area (Å²) in [6.07, 6.45) is -4.47. The van der Waals surface area contributed by atoms with E-state index < -0.39 is 17.6 Å². The Kier molecular flexibility index (Phi) is 7.64. The zero-order valence-corrected chi connectivity index (χ0v) is 20.3. The van der Waals surface area contributed by atoms with Crippen LogP contribution in [0.3, 0.4) is 0 Å². The maximum Gasteiger partial charge on any atom is 0.416 e. The number of nitrogens with zero attached hydrogens (tertiary/aromatic N) is 4. The van der Waals surface area contributed by atoms with Crippen LogP contribution in [-0.4, -0.2) is 50.4 Å². The van der Waals surface area contributed by atoms with Gasteiger partial charge >= 0.3 is 6.18 Å². The summed E-state index contributed by atoms with van der Waals surface area (Å²) in [6, 6.07) is 7.43. The number of alkyl halides is 3. The van der Waals surface area contributed by atoms with E-state index in [1.54, 1.807) is 11.0 Å². The molecule has 186 valence electrons. The molecule has 0 fully saturated rings. The standard InChI is InChI=1S/C23H24F3N5O3S/c1-5-31(6-2)22(34)17-12-11-16(35-17)21(33)28-27-13(3)18-20(32)19(30(4)29-18)14-7-9-15(10-8-14)23(24,25)26/h7-12,32H,5-6H2,1-4H3,(H,28,33)/b27-13-. The second-order valence-electron chi connectivity index (χ2n) is 7.52. The predicted molar refractivity (Wildman–Crippen MR) is 127 cm³/mol. The molecule has 0 radical (unpaired) electrons. The molecule has 0 bridgehead atoms. The Morgan fingerprint density at radius 2 is 1.71 bits per heavy atom. The Morgan fingerprint density at radius 1 is 1.11 bits per heavy atom. The summed E-state index contributed by atoms with van der Waals surface area (Å²) < 4.78 is 39.8. The van der Waals surface area contributed by atoms with E-state index in [0.29, 0.717) is 23.5 Å². The van der Waals surface area contributed by atoms with Gasteiger partial charge in [0, 0.05) is 25.7 Å². The highest BCUT2D eigenvalue weighted by Gasteiger charge is 2.30. The van der Waals surface area contributed by atoms with Crippen LogP contribution in [0.1, 0.15) is 51.4 Å². The molecule has 2 N–H and O–H groups in total. The van der Waals surface area contributed by atoms with Crippen LogP contribution in [-0.2, 0) is 13.2 Å². The summed E-state index contributed by atoms with van der Waals surface area (Å²) in [5.41, 5.74) is 2.34. The Morgan fingerprint density at radius 3 is 2.29 bits per heavy atom. The molecule has 2 aromatic heterocycles.